The normalized spacial score (nSPS) is 17.7. The summed E-state index contributed by atoms with van der Waals surface area (Å²) in [7, 11) is 2.73. The minimum atomic E-state index is -0.553. The van der Waals surface area contributed by atoms with Crippen LogP contribution in [0.1, 0.15) is 64.2 Å². The van der Waals surface area contributed by atoms with Gasteiger partial charge in [0, 0.05) is 38.2 Å². The molecule has 0 radical (unpaired) electrons. The number of methoxy groups -OCH3 is 2. The fourth-order valence-electron chi connectivity index (χ4n) is 5.40. The van der Waals surface area contributed by atoms with Crippen molar-refractivity contribution in [1.82, 2.24) is 0 Å². The first-order valence-electron chi connectivity index (χ1n) is 19.6. The molecule has 10 nitrogen and oxygen atoms in total. The van der Waals surface area contributed by atoms with Crippen molar-refractivity contribution in [3.8, 4) is 34.5 Å². The van der Waals surface area contributed by atoms with Crippen LogP contribution in [0.5, 0.6) is 34.5 Å². The molecule has 3 fully saturated rings. The Labute approximate surface area is 344 Å². The molecule has 4 aromatic rings. The summed E-state index contributed by atoms with van der Waals surface area (Å²) in [4.78, 5) is 0. The van der Waals surface area contributed by atoms with E-state index in [1.54, 1.807) is 30.5 Å². The number of hydrogen-bond donors (Lipinski definition) is 2. The van der Waals surface area contributed by atoms with Crippen LogP contribution in [-0.4, -0.2) is 70.0 Å². The summed E-state index contributed by atoms with van der Waals surface area (Å²) in [5, 5.41) is 17.5. The molecular weight excluding hydrogens is 776 g/mol. The van der Waals surface area contributed by atoms with Crippen LogP contribution in [0.3, 0.4) is 0 Å². The molecule has 0 saturated carbocycles. The highest BCUT2D eigenvalue weighted by Gasteiger charge is 2.19. The number of hydrogen-bond acceptors (Lipinski definition) is 10. The molecule has 0 amide bonds. The molecule has 4 aliphatic heterocycles. The van der Waals surface area contributed by atoms with Gasteiger partial charge in [-0.1, -0.05) is 24.3 Å². The van der Waals surface area contributed by atoms with Crippen molar-refractivity contribution >= 4 is 0 Å². The third-order valence-corrected chi connectivity index (χ3v) is 8.34. The van der Waals surface area contributed by atoms with Gasteiger partial charge in [-0.3, -0.25) is 0 Å². The molecule has 4 aromatic carbocycles. The molecule has 4 heterocycles. The van der Waals surface area contributed by atoms with E-state index < -0.39 is 17.5 Å². The Morgan fingerprint density at radius 2 is 1.15 bits per heavy atom. The number of ether oxygens (including phenoxy) is 8. The van der Waals surface area contributed by atoms with Crippen molar-refractivity contribution in [1.29, 1.82) is 0 Å². The van der Waals surface area contributed by atoms with Gasteiger partial charge in [0.2, 0.25) is 0 Å². The van der Waals surface area contributed by atoms with Gasteiger partial charge in [0.15, 0.2) is 47.2 Å². The number of para-hydroxylation sites is 2. The summed E-state index contributed by atoms with van der Waals surface area (Å²) >= 11 is 0. The topological polar surface area (TPSA) is 114 Å². The van der Waals surface area contributed by atoms with E-state index in [9.17, 15) is 17.6 Å². The molecule has 4 aliphatic rings. The minimum Gasteiger partial charge on any atom is -0.508 e. The van der Waals surface area contributed by atoms with Crippen molar-refractivity contribution in [2.75, 3.05) is 47.3 Å². The highest BCUT2D eigenvalue weighted by molar-refractivity contribution is 5.41. The van der Waals surface area contributed by atoms with Crippen LogP contribution < -0.4 is 18.9 Å². The first-order chi connectivity index (χ1) is 28.7. The van der Waals surface area contributed by atoms with Gasteiger partial charge >= 0.3 is 0 Å². The zero-order valence-corrected chi connectivity index (χ0v) is 33.7. The second-order valence-electron chi connectivity index (χ2n) is 13.0. The van der Waals surface area contributed by atoms with Crippen LogP contribution in [0.2, 0.25) is 0 Å². The number of halogens is 4. The maximum Gasteiger partial charge on any atom is 0.200 e. The van der Waals surface area contributed by atoms with Crippen LogP contribution in [-0.2, 0) is 18.9 Å². The second kappa shape index (κ2) is 29.1. The van der Waals surface area contributed by atoms with Gasteiger partial charge in [-0.15, -0.1) is 0 Å². The predicted octanol–water partition coefficient (Wildman–Crippen LogP) is 10.6. The number of aromatic hydroxyl groups is 2. The Balaban J connectivity index is 0.000000198. The Kier molecular flexibility index (Phi) is 23.8. The maximum atomic E-state index is 13.4. The molecule has 324 valence electrons. The fourth-order valence-corrected chi connectivity index (χ4v) is 5.40. The second-order valence-corrected chi connectivity index (χ2v) is 13.0. The van der Waals surface area contributed by atoms with Crippen molar-refractivity contribution in [3.05, 3.63) is 121 Å². The first-order valence-corrected chi connectivity index (χ1v) is 19.6. The monoisotopic (exact) mass is 832 g/mol. The van der Waals surface area contributed by atoms with Gasteiger partial charge in [-0.25, -0.2) is 17.6 Å². The van der Waals surface area contributed by atoms with Gasteiger partial charge in [-0.2, -0.15) is 0 Å². The smallest absolute Gasteiger partial charge is 0.200 e. The highest BCUT2D eigenvalue weighted by Crippen LogP contribution is 2.32. The van der Waals surface area contributed by atoms with Crippen LogP contribution in [0.4, 0.5) is 17.6 Å². The number of rotatable bonds is 6. The summed E-state index contributed by atoms with van der Waals surface area (Å²) < 4.78 is 91.9. The highest BCUT2D eigenvalue weighted by atomic mass is 19.1. The summed E-state index contributed by atoms with van der Waals surface area (Å²) in [5.74, 6) is -0.917. The third kappa shape index (κ3) is 20.4. The zero-order chi connectivity index (χ0) is 42.5. The van der Waals surface area contributed by atoms with Gasteiger partial charge < -0.3 is 48.1 Å². The van der Waals surface area contributed by atoms with Gasteiger partial charge in [0.25, 0.3) is 0 Å². The largest absolute Gasteiger partial charge is 0.508 e. The van der Waals surface area contributed by atoms with Crippen LogP contribution in [0.25, 0.3) is 0 Å². The Hall–Kier alpha value is -5.18. The molecule has 14 heteroatoms. The lowest BCUT2D eigenvalue weighted by atomic mass is 10.2. The van der Waals surface area contributed by atoms with E-state index in [4.69, 9.17) is 43.4 Å². The molecule has 3 saturated heterocycles. The van der Waals surface area contributed by atoms with E-state index >= 15 is 0 Å². The quantitative estimate of drug-likeness (QED) is 0.182. The molecule has 2 N–H and O–H groups in total. The SMILES string of the molecule is C1=COCCC1.C1CCOC1.COc1c(F)cccc1OC1CCCCO1.COc1c(O)cccc1F.Fc1cccc(OC2CCCCO2)c1.Oc1cccc(F)c1. The molecule has 2 atom stereocenters. The molecular formula is C45H56F4O10. The van der Waals surface area contributed by atoms with E-state index in [1.165, 1.54) is 94.5 Å². The number of phenolic OH excluding ortho intramolecular Hbond substituents is 2. The number of phenols is 2. The maximum absolute atomic E-state index is 13.4. The average molecular weight is 833 g/mol. The molecule has 8 rings (SSSR count). The first kappa shape index (κ1) is 48.2. The zero-order valence-electron chi connectivity index (χ0n) is 33.7. The van der Waals surface area contributed by atoms with E-state index in [1.807, 2.05) is 6.08 Å². The van der Waals surface area contributed by atoms with Gasteiger partial charge in [0.1, 0.15) is 23.1 Å². The lowest BCUT2D eigenvalue weighted by molar-refractivity contribution is -0.106. The van der Waals surface area contributed by atoms with Crippen LogP contribution in [0.15, 0.2) is 97.3 Å². The molecule has 2 unspecified atom stereocenters. The standard InChI is InChI=1S/C12H15FO3.C11H13FO2.C7H7FO2.C6H5FO.C5H8O.C4H8O/c1-14-12-9(13)5-4-6-10(12)16-11-7-2-3-8-15-11;12-9-4-3-5-10(8-9)14-11-6-1-2-7-13-11;1-10-7-5(8)3-2-4-6(7)9;7-5-2-1-3-6(8)4-5;1-2-4-6-5-3-1;1-2-4-5-3-1/h4-6,11H,2-3,7-8H2,1H3;3-5,8,11H,1-2,6-7H2;2-4,9H,1H3;1-4,8H;2,4H,1,3,5H2;1-4H2. The van der Waals surface area contributed by atoms with Crippen LogP contribution in [0, 0.1) is 23.3 Å². The molecule has 0 spiro atoms. The summed E-state index contributed by atoms with van der Waals surface area (Å²) in [6.07, 6.45) is 14.3. The molecule has 0 bridgehead atoms. The lowest BCUT2D eigenvalue weighted by Gasteiger charge is -2.24. The molecule has 0 aliphatic carbocycles. The fraction of sp³-hybridized carbons (Fsp3) is 0.422. The van der Waals surface area contributed by atoms with Crippen molar-refractivity contribution in [3.63, 3.8) is 0 Å². The minimum absolute atomic E-state index is 0.0370. The Morgan fingerprint density at radius 1 is 0.576 bits per heavy atom. The van der Waals surface area contributed by atoms with Gasteiger partial charge in [0.05, 0.1) is 40.3 Å². The summed E-state index contributed by atoms with van der Waals surface area (Å²) in [6.45, 7) is 4.35. The van der Waals surface area contributed by atoms with E-state index in [0.717, 1.165) is 71.0 Å². The van der Waals surface area contributed by atoms with Crippen LogP contribution >= 0.6 is 0 Å². The predicted molar refractivity (Wildman–Crippen MR) is 215 cm³/mol. The van der Waals surface area contributed by atoms with E-state index in [0.29, 0.717) is 18.1 Å². The molecule has 0 aromatic heterocycles. The van der Waals surface area contributed by atoms with Crippen molar-refractivity contribution in [2.45, 2.75) is 76.8 Å². The average Bonchev–Trinajstić information content (AvgIpc) is 3.85. The van der Waals surface area contributed by atoms with E-state index in [2.05, 4.69) is 4.74 Å². The van der Waals surface area contributed by atoms with Gasteiger partial charge in [-0.05, 0) is 106 Å². The lowest BCUT2D eigenvalue weighted by Crippen LogP contribution is -2.25. The third-order valence-electron chi connectivity index (χ3n) is 8.34. The summed E-state index contributed by atoms with van der Waals surface area (Å²) in [5.41, 5.74) is 0. The summed E-state index contributed by atoms with van der Waals surface area (Å²) in [6, 6.07) is 19.9. The Morgan fingerprint density at radius 3 is 1.58 bits per heavy atom. The van der Waals surface area contributed by atoms with Crippen molar-refractivity contribution < 1.29 is 65.7 Å². The number of benzene rings is 4. The number of allylic oxidation sites excluding steroid dienone is 1. The Bertz CT molecular complexity index is 1690. The van der Waals surface area contributed by atoms with Crippen molar-refractivity contribution in [2.24, 2.45) is 0 Å². The van der Waals surface area contributed by atoms with E-state index in [-0.39, 0.29) is 41.4 Å². The molecule has 59 heavy (non-hydrogen) atoms.